The lowest BCUT2D eigenvalue weighted by Gasteiger charge is -2.17. The van der Waals surface area contributed by atoms with E-state index in [9.17, 15) is 18.5 Å². The molecule has 0 N–H and O–H groups in total. The lowest BCUT2D eigenvalue weighted by molar-refractivity contribution is -0.385. The molecule has 0 saturated heterocycles. The smallest absolute Gasteiger partial charge is 0.258 e. The minimum absolute atomic E-state index is 0.0862. The van der Waals surface area contributed by atoms with Gasteiger partial charge in [-0.15, -0.1) is 0 Å². The van der Waals surface area contributed by atoms with Crippen molar-refractivity contribution in [3.8, 4) is 0 Å². The predicted octanol–water partition coefficient (Wildman–Crippen LogP) is 2.72. The Morgan fingerprint density at radius 1 is 1.14 bits per heavy atom. The monoisotopic (exact) mass is 320 g/mol. The topological polar surface area (TPSA) is 80.5 Å². The molecule has 0 aromatic heterocycles. The summed E-state index contributed by atoms with van der Waals surface area (Å²) in [6.45, 7) is 2.13. The van der Waals surface area contributed by atoms with E-state index in [-0.39, 0.29) is 17.1 Å². The number of hydrogen-bond donors (Lipinski definition) is 0. The summed E-state index contributed by atoms with van der Waals surface area (Å²) in [6, 6.07) is 12.6. The van der Waals surface area contributed by atoms with Gasteiger partial charge in [0.15, 0.2) is 0 Å². The third-order valence-corrected chi connectivity index (χ3v) is 5.02. The Kier molecular flexibility index (Phi) is 4.58. The molecular formula is C15H16N2O4S. The zero-order valence-electron chi connectivity index (χ0n) is 12.3. The Labute approximate surface area is 129 Å². The molecule has 116 valence electrons. The van der Waals surface area contributed by atoms with Crippen molar-refractivity contribution in [2.75, 3.05) is 7.05 Å². The first-order valence-electron chi connectivity index (χ1n) is 6.57. The number of rotatable bonds is 5. The highest BCUT2D eigenvalue weighted by atomic mass is 32.2. The SMILES string of the molecule is Cc1cccc(CN(C)S(=O)(=O)c2cccc([N+](=O)[O-])c2)c1. The van der Waals surface area contributed by atoms with Gasteiger partial charge >= 0.3 is 0 Å². The highest BCUT2D eigenvalue weighted by molar-refractivity contribution is 7.89. The van der Waals surface area contributed by atoms with Gasteiger partial charge in [0.2, 0.25) is 10.0 Å². The number of aryl methyl sites for hydroxylation is 1. The quantitative estimate of drug-likeness (QED) is 0.626. The molecule has 0 saturated carbocycles. The molecule has 0 atom stereocenters. The van der Waals surface area contributed by atoms with Crippen molar-refractivity contribution < 1.29 is 13.3 Å². The Morgan fingerprint density at radius 3 is 2.45 bits per heavy atom. The Balaban J connectivity index is 2.29. The molecule has 0 spiro atoms. The number of nitro groups is 1. The fraction of sp³-hybridized carbons (Fsp3) is 0.200. The zero-order chi connectivity index (χ0) is 16.3. The van der Waals surface area contributed by atoms with E-state index in [1.165, 1.54) is 29.6 Å². The summed E-state index contributed by atoms with van der Waals surface area (Å²) >= 11 is 0. The maximum atomic E-state index is 12.5. The predicted molar refractivity (Wildman–Crippen MR) is 82.9 cm³/mol. The van der Waals surface area contributed by atoms with Gasteiger partial charge in [-0.2, -0.15) is 4.31 Å². The number of benzene rings is 2. The fourth-order valence-electron chi connectivity index (χ4n) is 2.09. The number of nitrogens with zero attached hydrogens (tertiary/aromatic N) is 2. The summed E-state index contributed by atoms with van der Waals surface area (Å²) < 4.78 is 26.2. The van der Waals surface area contributed by atoms with Crippen molar-refractivity contribution in [2.45, 2.75) is 18.4 Å². The van der Waals surface area contributed by atoms with Crippen LogP contribution >= 0.6 is 0 Å². The van der Waals surface area contributed by atoms with Crippen LogP contribution in [0.2, 0.25) is 0 Å². The Morgan fingerprint density at radius 2 is 1.82 bits per heavy atom. The van der Waals surface area contributed by atoms with Crippen molar-refractivity contribution in [1.82, 2.24) is 4.31 Å². The number of non-ortho nitro benzene ring substituents is 1. The molecule has 6 nitrogen and oxygen atoms in total. The van der Waals surface area contributed by atoms with E-state index >= 15 is 0 Å². The maximum Gasteiger partial charge on any atom is 0.270 e. The van der Waals surface area contributed by atoms with Crippen LogP contribution in [0, 0.1) is 17.0 Å². The van der Waals surface area contributed by atoms with Crippen molar-refractivity contribution in [2.24, 2.45) is 0 Å². The molecule has 0 fully saturated rings. The molecule has 0 radical (unpaired) electrons. The van der Waals surface area contributed by atoms with Crippen molar-refractivity contribution >= 4 is 15.7 Å². The zero-order valence-corrected chi connectivity index (χ0v) is 13.1. The molecule has 0 bridgehead atoms. The third kappa shape index (κ3) is 3.49. The van der Waals surface area contributed by atoms with Gasteiger partial charge < -0.3 is 0 Å². The molecule has 7 heteroatoms. The minimum Gasteiger partial charge on any atom is -0.258 e. The van der Waals surface area contributed by atoms with Crippen molar-refractivity contribution in [3.05, 3.63) is 69.8 Å². The molecule has 0 aliphatic carbocycles. The van der Waals surface area contributed by atoms with Gasteiger partial charge in [0, 0.05) is 25.7 Å². The summed E-state index contributed by atoms with van der Waals surface area (Å²) in [5.74, 6) is 0. The fourth-order valence-corrected chi connectivity index (χ4v) is 3.29. The average molecular weight is 320 g/mol. The van der Waals surface area contributed by atoms with Gasteiger partial charge in [-0.05, 0) is 18.6 Å². The lowest BCUT2D eigenvalue weighted by atomic mass is 10.1. The largest absolute Gasteiger partial charge is 0.270 e. The van der Waals surface area contributed by atoms with E-state index in [0.29, 0.717) is 0 Å². The molecule has 0 aliphatic rings. The first-order valence-corrected chi connectivity index (χ1v) is 8.01. The lowest BCUT2D eigenvalue weighted by Crippen LogP contribution is -2.26. The van der Waals surface area contributed by atoms with Gasteiger partial charge in [0.1, 0.15) is 0 Å². The maximum absolute atomic E-state index is 12.5. The third-order valence-electron chi connectivity index (χ3n) is 3.22. The van der Waals surface area contributed by atoms with Crippen LogP contribution in [0.3, 0.4) is 0 Å². The molecule has 0 unspecified atom stereocenters. The summed E-state index contributed by atoms with van der Waals surface area (Å²) in [7, 11) is -2.32. The van der Waals surface area contributed by atoms with E-state index in [1.54, 1.807) is 0 Å². The first kappa shape index (κ1) is 16.1. The van der Waals surface area contributed by atoms with Gasteiger partial charge in [-0.1, -0.05) is 35.9 Å². The van der Waals surface area contributed by atoms with Crippen LogP contribution in [0.25, 0.3) is 0 Å². The van der Waals surface area contributed by atoms with Crippen molar-refractivity contribution in [3.63, 3.8) is 0 Å². The number of nitro benzene ring substituents is 1. The average Bonchev–Trinajstić information content (AvgIpc) is 2.47. The van der Waals surface area contributed by atoms with Crippen LogP contribution in [-0.2, 0) is 16.6 Å². The van der Waals surface area contributed by atoms with E-state index in [2.05, 4.69) is 0 Å². The second kappa shape index (κ2) is 6.25. The van der Waals surface area contributed by atoms with Crippen LogP contribution in [0.15, 0.2) is 53.4 Å². The number of sulfonamides is 1. The standard InChI is InChI=1S/C15H16N2O4S/c1-12-5-3-6-13(9-12)11-16(2)22(20,21)15-8-4-7-14(10-15)17(18)19/h3-10H,11H2,1-2H3. The molecule has 0 heterocycles. The molecule has 2 aromatic rings. The Hall–Kier alpha value is -2.25. The van der Waals surface area contributed by atoms with E-state index in [1.807, 2.05) is 31.2 Å². The summed E-state index contributed by atoms with van der Waals surface area (Å²) in [6.07, 6.45) is 0. The second-order valence-corrected chi connectivity index (χ2v) is 7.05. The first-order chi connectivity index (χ1) is 10.3. The van der Waals surface area contributed by atoms with Crippen LogP contribution in [0.5, 0.6) is 0 Å². The van der Waals surface area contributed by atoms with Gasteiger partial charge in [0.25, 0.3) is 5.69 Å². The molecule has 2 aromatic carbocycles. The Bertz CT molecular complexity index is 803. The second-order valence-electron chi connectivity index (χ2n) is 5.00. The molecule has 22 heavy (non-hydrogen) atoms. The highest BCUT2D eigenvalue weighted by Crippen LogP contribution is 2.21. The van der Waals surface area contributed by atoms with Gasteiger partial charge in [0.05, 0.1) is 9.82 Å². The van der Waals surface area contributed by atoms with E-state index < -0.39 is 14.9 Å². The van der Waals surface area contributed by atoms with Crippen LogP contribution in [0.1, 0.15) is 11.1 Å². The van der Waals surface area contributed by atoms with E-state index in [0.717, 1.165) is 17.2 Å². The van der Waals surface area contributed by atoms with E-state index in [4.69, 9.17) is 0 Å². The summed E-state index contributed by atoms with van der Waals surface area (Å²) in [5, 5.41) is 10.8. The molecule has 0 amide bonds. The minimum atomic E-state index is -3.78. The summed E-state index contributed by atoms with van der Waals surface area (Å²) in [4.78, 5) is 10.1. The molecular weight excluding hydrogens is 304 g/mol. The molecule has 0 aliphatic heterocycles. The van der Waals surface area contributed by atoms with Crippen LogP contribution < -0.4 is 0 Å². The van der Waals surface area contributed by atoms with Crippen molar-refractivity contribution in [1.29, 1.82) is 0 Å². The van der Waals surface area contributed by atoms with Crippen LogP contribution in [0.4, 0.5) is 5.69 Å². The van der Waals surface area contributed by atoms with Crippen LogP contribution in [-0.4, -0.2) is 24.7 Å². The normalized spacial score (nSPS) is 11.6. The van der Waals surface area contributed by atoms with Gasteiger partial charge in [-0.3, -0.25) is 10.1 Å². The number of hydrogen-bond acceptors (Lipinski definition) is 4. The summed E-state index contributed by atoms with van der Waals surface area (Å²) in [5.41, 5.74) is 1.65. The van der Waals surface area contributed by atoms with Gasteiger partial charge in [-0.25, -0.2) is 8.42 Å². The molecule has 2 rings (SSSR count). The highest BCUT2D eigenvalue weighted by Gasteiger charge is 2.23.